The number of rotatable bonds is 8. The standard InChI is InChI=1S/C31H25FN2O9/c1-31(43-28(38)21-15-9-4-10-16-21)24(42-27(37)20-13-7-3-8-14-20)23(18-40-26(36)19-11-5-2-6-12-19)41-29(31)34-17-22(32)25(35)33-30(34)39/h2-17,23-24,29H,18H2,1H3,(H,33,35,39)/t23-,24?,29-,31+/m1/s1. The van der Waals surface area contributed by atoms with Gasteiger partial charge in [0.25, 0.3) is 5.56 Å². The quantitative estimate of drug-likeness (QED) is 0.242. The summed E-state index contributed by atoms with van der Waals surface area (Å²) >= 11 is 0. The van der Waals surface area contributed by atoms with Crippen LogP contribution < -0.4 is 11.2 Å². The summed E-state index contributed by atoms with van der Waals surface area (Å²) in [5.41, 5.74) is -3.89. The molecule has 1 unspecified atom stereocenters. The average molecular weight is 589 g/mol. The molecule has 0 bridgehead atoms. The molecule has 1 saturated heterocycles. The summed E-state index contributed by atoms with van der Waals surface area (Å²) in [5.74, 6) is -3.76. The van der Waals surface area contributed by atoms with Crippen LogP contribution in [0.25, 0.3) is 0 Å². The van der Waals surface area contributed by atoms with Crippen molar-refractivity contribution in [3.63, 3.8) is 0 Å². The van der Waals surface area contributed by atoms with Gasteiger partial charge in [0.2, 0.25) is 5.82 Å². The van der Waals surface area contributed by atoms with Crippen molar-refractivity contribution in [2.75, 3.05) is 6.61 Å². The zero-order valence-corrected chi connectivity index (χ0v) is 22.7. The molecule has 0 amide bonds. The number of carbonyl (C=O) groups is 3. The molecular weight excluding hydrogens is 563 g/mol. The van der Waals surface area contributed by atoms with Crippen LogP contribution in [0.15, 0.2) is 107 Å². The first-order chi connectivity index (χ1) is 20.7. The maximum Gasteiger partial charge on any atom is 0.338 e. The summed E-state index contributed by atoms with van der Waals surface area (Å²) in [6, 6.07) is 23.8. The Morgan fingerprint density at radius 2 is 1.35 bits per heavy atom. The fourth-order valence-electron chi connectivity index (χ4n) is 4.69. The van der Waals surface area contributed by atoms with Gasteiger partial charge in [0.15, 0.2) is 17.9 Å². The van der Waals surface area contributed by atoms with Gasteiger partial charge in [-0.05, 0) is 43.3 Å². The first-order valence-electron chi connectivity index (χ1n) is 13.1. The molecule has 1 aliphatic heterocycles. The van der Waals surface area contributed by atoms with Crippen LogP contribution >= 0.6 is 0 Å². The number of aromatic nitrogens is 2. The van der Waals surface area contributed by atoms with Crippen molar-refractivity contribution >= 4 is 17.9 Å². The Balaban J connectivity index is 1.57. The van der Waals surface area contributed by atoms with Crippen LogP contribution in [-0.4, -0.2) is 51.9 Å². The number of nitrogens with zero attached hydrogens (tertiary/aromatic N) is 1. The number of aromatic amines is 1. The van der Waals surface area contributed by atoms with Crippen molar-refractivity contribution in [3.05, 3.63) is 141 Å². The lowest BCUT2D eigenvalue weighted by Crippen LogP contribution is -2.52. The van der Waals surface area contributed by atoms with E-state index in [2.05, 4.69) is 0 Å². The maximum atomic E-state index is 14.4. The van der Waals surface area contributed by atoms with E-state index < -0.39 is 65.6 Å². The molecule has 43 heavy (non-hydrogen) atoms. The van der Waals surface area contributed by atoms with E-state index in [1.165, 1.54) is 43.3 Å². The molecule has 11 nitrogen and oxygen atoms in total. The first kappa shape index (κ1) is 29.1. The van der Waals surface area contributed by atoms with Gasteiger partial charge in [-0.25, -0.2) is 19.2 Å². The van der Waals surface area contributed by atoms with E-state index in [-0.39, 0.29) is 16.7 Å². The van der Waals surface area contributed by atoms with Crippen LogP contribution in [0.5, 0.6) is 0 Å². The Labute approximate surface area is 243 Å². The molecule has 1 aliphatic rings. The molecule has 1 aromatic heterocycles. The van der Waals surface area contributed by atoms with Gasteiger partial charge in [-0.1, -0.05) is 54.6 Å². The second kappa shape index (κ2) is 12.2. The van der Waals surface area contributed by atoms with Crippen molar-refractivity contribution in [3.8, 4) is 0 Å². The predicted molar refractivity (Wildman–Crippen MR) is 148 cm³/mol. The number of benzene rings is 3. The molecule has 3 aromatic carbocycles. The van der Waals surface area contributed by atoms with Gasteiger partial charge in [0, 0.05) is 0 Å². The summed E-state index contributed by atoms with van der Waals surface area (Å²) in [6.45, 7) is 0.811. The van der Waals surface area contributed by atoms with Crippen molar-refractivity contribution in [1.29, 1.82) is 0 Å². The summed E-state index contributed by atoms with van der Waals surface area (Å²) < 4.78 is 38.3. The molecule has 0 aliphatic carbocycles. The van der Waals surface area contributed by atoms with Gasteiger partial charge < -0.3 is 18.9 Å². The normalized spacial score (nSPS) is 21.1. The minimum atomic E-state index is -2.02. The number of nitrogens with one attached hydrogen (secondary N) is 1. The predicted octanol–water partition coefficient (Wildman–Crippen LogP) is 3.27. The molecule has 0 saturated carbocycles. The van der Waals surface area contributed by atoms with Gasteiger partial charge in [-0.15, -0.1) is 0 Å². The van der Waals surface area contributed by atoms with E-state index in [4.69, 9.17) is 18.9 Å². The number of carbonyl (C=O) groups excluding carboxylic acids is 3. The number of ether oxygens (including phenoxy) is 4. The Kier molecular flexibility index (Phi) is 8.30. The molecule has 1 N–H and O–H groups in total. The Morgan fingerprint density at radius 3 is 1.91 bits per heavy atom. The Hall–Kier alpha value is -5.36. The van der Waals surface area contributed by atoms with Crippen LogP contribution in [-0.2, 0) is 18.9 Å². The van der Waals surface area contributed by atoms with Crippen molar-refractivity contribution < 1.29 is 37.7 Å². The third-order valence-electron chi connectivity index (χ3n) is 6.83. The summed E-state index contributed by atoms with van der Waals surface area (Å²) in [5, 5.41) is 0. The van der Waals surface area contributed by atoms with E-state index in [0.717, 1.165) is 0 Å². The van der Waals surface area contributed by atoms with Gasteiger partial charge >= 0.3 is 23.6 Å². The van der Waals surface area contributed by atoms with Crippen LogP contribution in [0.4, 0.5) is 4.39 Å². The van der Waals surface area contributed by atoms with Crippen LogP contribution in [0, 0.1) is 5.82 Å². The number of H-pyrrole nitrogens is 1. The number of halogens is 1. The molecular formula is C31H25FN2O9. The van der Waals surface area contributed by atoms with Crippen molar-refractivity contribution in [1.82, 2.24) is 9.55 Å². The molecule has 0 spiro atoms. The smallest absolute Gasteiger partial charge is 0.338 e. The Bertz CT molecular complexity index is 1740. The highest BCUT2D eigenvalue weighted by molar-refractivity contribution is 5.91. The molecule has 4 aromatic rings. The lowest BCUT2D eigenvalue weighted by atomic mass is 9.95. The third kappa shape index (κ3) is 6.14. The second-order valence-electron chi connectivity index (χ2n) is 9.77. The van der Waals surface area contributed by atoms with Gasteiger partial charge in [-0.2, -0.15) is 4.39 Å². The SMILES string of the molecule is C[C@]1(OC(=O)c2ccccc2)C(OC(=O)c2ccccc2)[C@@H](COC(=O)c2ccccc2)O[C@H]1n1cc(F)c(=O)[nH]c1=O. The van der Waals surface area contributed by atoms with Crippen LogP contribution in [0.3, 0.4) is 0 Å². The van der Waals surface area contributed by atoms with E-state index in [0.29, 0.717) is 10.8 Å². The summed E-state index contributed by atoms with van der Waals surface area (Å²) in [7, 11) is 0. The highest BCUT2D eigenvalue weighted by atomic mass is 19.1. The number of hydrogen-bond acceptors (Lipinski definition) is 9. The fourth-order valence-corrected chi connectivity index (χ4v) is 4.69. The summed E-state index contributed by atoms with van der Waals surface area (Å²) in [4.78, 5) is 65.8. The van der Waals surface area contributed by atoms with E-state index >= 15 is 0 Å². The van der Waals surface area contributed by atoms with E-state index in [9.17, 15) is 28.4 Å². The number of esters is 3. The molecule has 5 rings (SSSR count). The second-order valence-corrected chi connectivity index (χ2v) is 9.77. The monoisotopic (exact) mass is 588 g/mol. The first-order valence-corrected chi connectivity index (χ1v) is 13.1. The minimum Gasteiger partial charge on any atom is -0.459 e. The summed E-state index contributed by atoms with van der Waals surface area (Å²) in [6.07, 6.45) is -3.87. The van der Waals surface area contributed by atoms with Crippen molar-refractivity contribution in [2.45, 2.75) is 31.0 Å². The van der Waals surface area contributed by atoms with Crippen LogP contribution in [0.1, 0.15) is 44.2 Å². The fraction of sp³-hybridized carbons (Fsp3) is 0.194. The molecule has 0 radical (unpaired) electrons. The van der Waals surface area contributed by atoms with Gasteiger partial charge in [0.05, 0.1) is 22.9 Å². The third-order valence-corrected chi connectivity index (χ3v) is 6.83. The topological polar surface area (TPSA) is 143 Å². The van der Waals surface area contributed by atoms with Gasteiger partial charge in [-0.3, -0.25) is 14.3 Å². The molecule has 2 heterocycles. The van der Waals surface area contributed by atoms with E-state index in [1.54, 1.807) is 54.6 Å². The lowest BCUT2D eigenvalue weighted by molar-refractivity contribution is -0.111. The molecule has 12 heteroatoms. The Morgan fingerprint density at radius 1 is 0.837 bits per heavy atom. The average Bonchev–Trinajstić information content (AvgIpc) is 3.28. The maximum absolute atomic E-state index is 14.4. The highest BCUT2D eigenvalue weighted by Crippen LogP contribution is 2.43. The largest absolute Gasteiger partial charge is 0.459 e. The molecule has 4 atom stereocenters. The minimum absolute atomic E-state index is 0.120. The highest BCUT2D eigenvalue weighted by Gasteiger charge is 2.60. The molecule has 1 fully saturated rings. The zero-order chi connectivity index (χ0) is 30.6. The van der Waals surface area contributed by atoms with Crippen LogP contribution in [0.2, 0.25) is 0 Å². The van der Waals surface area contributed by atoms with E-state index in [1.807, 2.05) is 4.98 Å². The van der Waals surface area contributed by atoms with Crippen molar-refractivity contribution in [2.24, 2.45) is 0 Å². The number of hydrogen-bond donors (Lipinski definition) is 1. The van der Waals surface area contributed by atoms with Gasteiger partial charge in [0.1, 0.15) is 12.7 Å². The molecule has 220 valence electrons. The lowest BCUT2D eigenvalue weighted by Gasteiger charge is -2.34. The zero-order valence-electron chi connectivity index (χ0n) is 22.7.